The number of aromatic nitrogens is 2. The first-order chi connectivity index (χ1) is 6.86. The van der Waals surface area contributed by atoms with Gasteiger partial charge in [0.25, 0.3) is 0 Å². The Morgan fingerprint density at radius 1 is 1.14 bits per heavy atom. The van der Waals surface area contributed by atoms with Crippen LogP contribution in [0.15, 0.2) is 57.3 Å². The molecule has 1 aromatic carbocycles. The molecule has 4 heteroatoms. The van der Waals surface area contributed by atoms with E-state index in [1.165, 1.54) is 4.90 Å². The predicted molar refractivity (Wildman–Crippen MR) is 60.3 cm³/mol. The molecule has 0 fully saturated rings. The zero-order chi connectivity index (χ0) is 9.80. The normalized spacial score (nSPS) is 10.1. The lowest BCUT2D eigenvalue weighted by molar-refractivity contribution is 1.02. The van der Waals surface area contributed by atoms with Crippen LogP contribution in [0.3, 0.4) is 0 Å². The van der Waals surface area contributed by atoms with Gasteiger partial charge in [-0.2, -0.15) is 0 Å². The van der Waals surface area contributed by atoms with Crippen molar-refractivity contribution in [1.82, 2.24) is 9.97 Å². The van der Waals surface area contributed by atoms with Crippen LogP contribution in [0.2, 0.25) is 0 Å². The Bertz CT molecular complexity index is 419. The van der Waals surface area contributed by atoms with Crippen LogP contribution in [0.5, 0.6) is 0 Å². The van der Waals surface area contributed by atoms with Crippen LogP contribution < -0.4 is 0 Å². The van der Waals surface area contributed by atoms with Gasteiger partial charge in [-0.1, -0.05) is 30.0 Å². The van der Waals surface area contributed by atoms with Crippen LogP contribution in [-0.4, -0.2) is 9.97 Å². The van der Waals surface area contributed by atoms with Gasteiger partial charge in [0, 0.05) is 11.1 Å². The highest BCUT2D eigenvalue weighted by Gasteiger charge is 2.02. The quantitative estimate of drug-likeness (QED) is 0.780. The highest BCUT2D eigenvalue weighted by molar-refractivity contribution is 9.10. The van der Waals surface area contributed by atoms with E-state index in [1.807, 2.05) is 18.2 Å². The van der Waals surface area contributed by atoms with Crippen molar-refractivity contribution >= 4 is 27.7 Å². The van der Waals surface area contributed by atoms with Crippen LogP contribution in [0.25, 0.3) is 0 Å². The molecule has 0 aliphatic heterocycles. The Labute approximate surface area is 94.9 Å². The number of hydrogen-bond donors (Lipinski definition) is 0. The first kappa shape index (κ1) is 9.68. The summed E-state index contributed by atoms with van der Waals surface area (Å²) in [5.41, 5.74) is 0. The summed E-state index contributed by atoms with van der Waals surface area (Å²) in [5.74, 6) is 0. The Balaban J connectivity index is 2.24. The topological polar surface area (TPSA) is 25.8 Å². The second-order valence-electron chi connectivity index (χ2n) is 2.59. The van der Waals surface area contributed by atoms with E-state index in [1.54, 1.807) is 24.3 Å². The summed E-state index contributed by atoms with van der Waals surface area (Å²) < 4.78 is 0.925. The highest BCUT2D eigenvalue weighted by atomic mass is 79.9. The fourth-order valence-corrected chi connectivity index (χ4v) is 2.21. The number of hydrogen-bond acceptors (Lipinski definition) is 3. The van der Waals surface area contributed by atoms with Crippen molar-refractivity contribution in [3.05, 3.63) is 47.3 Å². The SMILES string of the molecule is Brc1cncnc1Sc1ccccc1. The van der Waals surface area contributed by atoms with E-state index in [0.29, 0.717) is 0 Å². The average Bonchev–Trinajstić information content (AvgIpc) is 2.23. The van der Waals surface area contributed by atoms with Crippen LogP contribution in [0.1, 0.15) is 0 Å². The lowest BCUT2D eigenvalue weighted by Gasteiger charge is -2.01. The molecule has 1 heterocycles. The molecule has 0 unspecified atom stereocenters. The predicted octanol–water partition coefficient (Wildman–Crippen LogP) is 3.39. The summed E-state index contributed by atoms with van der Waals surface area (Å²) >= 11 is 5.02. The van der Waals surface area contributed by atoms with Gasteiger partial charge < -0.3 is 0 Å². The van der Waals surface area contributed by atoms with Gasteiger partial charge >= 0.3 is 0 Å². The Morgan fingerprint density at radius 2 is 1.93 bits per heavy atom. The van der Waals surface area contributed by atoms with Crippen molar-refractivity contribution in [2.24, 2.45) is 0 Å². The van der Waals surface area contributed by atoms with Crippen molar-refractivity contribution in [2.75, 3.05) is 0 Å². The van der Waals surface area contributed by atoms with Crippen molar-refractivity contribution in [1.29, 1.82) is 0 Å². The molecule has 0 amide bonds. The first-order valence-electron chi connectivity index (χ1n) is 4.04. The number of rotatable bonds is 2. The molecular weight excluding hydrogens is 260 g/mol. The van der Waals surface area contributed by atoms with Crippen LogP contribution in [0.4, 0.5) is 0 Å². The van der Waals surface area contributed by atoms with Gasteiger partial charge in [0.1, 0.15) is 11.4 Å². The smallest absolute Gasteiger partial charge is 0.118 e. The van der Waals surface area contributed by atoms with Gasteiger partial charge in [-0.15, -0.1) is 0 Å². The third kappa shape index (κ3) is 2.33. The molecular formula is C10H7BrN2S. The monoisotopic (exact) mass is 266 g/mol. The van der Waals surface area contributed by atoms with E-state index in [9.17, 15) is 0 Å². The Kier molecular flexibility index (Phi) is 3.16. The lowest BCUT2D eigenvalue weighted by atomic mass is 10.4. The van der Waals surface area contributed by atoms with E-state index in [2.05, 4.69) is 38.0 Å². The standard InChI is InChI=1S/C10H7BrN2S/c11-9-6-12-7-13-10(9)14-8-4-2-1-3-5-8/h1-7H. The maximum absolute atomic E-state index is 4.18. The third-order valence-electron chi connectivity index (χ3n) is 1.59. The van der Waals surface area contributed by atoms with Gasteiger partial charge in [-0.25, -0.2) is 9.97 Å². The van der Waals surface area contributed by atoms with E-state index in [0.717, 1.165) is 9.50 Å². The molecule has 14 heavy (non-hydrogen) atoms. The summed E-state index contributed by atoms with van der Waals surface area (Å²) in [6.07, 6.45) is 3.30. The minimum atomic E-state index is 0.925. The minimum Gasteiger partial charge on any atom is -0.244 e. The van der Waals surface area contributed by atoms with E-state index >= 15 is 0 Å². The second-order valence-corrected chi connectivity index (χ2v) is 4.51. The molecule has 1 aromatic heterocycles. The van der Waals surface area contributed by atoms with Crippen LogP contribution in [-0.2, 0) is 0 Å². The zero-order valence-electron chi connectivity index (χ0n) is 7.22. The second kappa shape index (κ2) is 4.57. The van der Waals surface area contributed by atoms with E-state index in [-0.39, 0.29) is 0 Å². The summed E-state index contributed by atoms with van der Waals surface area (Å²) in [4.78, 5) is 9.27. The van der Waals surface area contributed by atoms with Gasteiger partial charge in [-0.05, 0) is 28.1 Å². The maximum atomic E-state index is 4.18. The van der Waals surface area contributed by atoms with Crippen molar-refractivity contribution < 1.29 is 0 Å². The highest BCUT2D eigenvalue weighted by Crippen LogP contribution is 2.30. The molecule has 0 atom stereocenters. The molecule has 0 aliphatic carbocycles. The number of halogens is 1. The van der Waals surface area contributed by atoms with Crippen LogP contribution >= 0.6 is 27.7 Å². The Hall–Kier alpha value is -0.870. The molecule has 0 radical (unpaired) electrons. The summed E-state index contributed by atoms with van der Waals surface area (Å²) in [6, 6.07) is 10.1. The minimum absolute atomic E-state index is 0.925. The lowest BCUT2D eigenvalue weighted by Crippen LogP contribution is -1.83. The van der Waals surface area contributed by atoms with E-state index < -0.39 is 0 Å². The van der Waals surface area contributed by atoms with Gasteiger partial charge in [0.15, 0.2) is 0 Å². The zero-order valence-corrected chi connectivity index (χ0v) is 9.62. The molecule has 0 aliphatic rings. The number of nitrogens with zero attached hydrogens (tertiary/aromatic N) is 2. The van der Waals surface area contributed by atoms with Crippen molar-refractivity contribution in [2.45, 2.75) is 9.92 Å². The largest absolute Gasteiger partial charge is 0.244 e. The molecule has 2 rings (SSSR count). The summed E-state index contributed by atoms with van der Waals surface area (Å²) in [5, 5.41) is 0.936. The first-order valence-corrected chi connectivity index (χ1v) is 5.65. The molecule has 0 spiro atoms. The van der Waals surface area contributed by atoms with Gasteiger partial charge in [0.05, 0.1) is 4.47 Å². The number of benzene rings is 1. The van der Waals surface area contributed by atoms with Crippen molar-refractivity contribution in [3.63, 3.8) is 0 Å². The summed E-state index contributed by atoms with van der Waals surface area (Å²) in [7, 11) is 0. The molecule has 2 nitrogen and oxygen atoms in total. The molecule has 2 aromatic rings. The average molecular weight is 267 g/mol. The van der Waals surface area contributed by atoms with Gasteiger partial charge in [-0.3, -0.25) is 0 Å². The fourth-order valence-electron chi connectivity index (χ4n) is 0.977. The Morgan fingerprint density at radius 3 is 2.64 bits per heavy atom. The molecule has 0 bridgehead atoms. The van der Waals surface area contributed by atoms with Crippen molar-refractivity contribution in [3.8, 4) is 0 Å². The fraction of sp³-hybridized carbons (Fsp3) is 0. The van der Waals surface area contributed by atoms with Gasteiger partial charge in [0.2, 0.25) is 0 Å². The molecule has 0 N–H and O–H groups in total. The molecule has 0 saturated heterocycles. The van der Waals surface area contributed by atoms with E-state index in [4.69, 9.17) is 0 Å². The van der Waals surface area contributed by atoms with Crippen LogP contribution in [0, 0.1) is 0 Å². The third-order valence-corrected chi connectivity index (χ3v) is 3.46. The molecule has 70 valence electrons. The summed E-state index contributed by atoms with van der Waals surface area (Å²) in [6.45, 7) is 0. The molecule has 0 saturated carbocycles. The maximum Gasteiger partial charge on any atom is 0.118 e.